The molecule has 0 spiro atoms. The smallest absolute Gasteiger partial charge is 0.183 e. The molecule has 0 saturated carbocycles. The summed E-state index contributed by atoms with van der Waals surface area (Å²) in [7, 11) is 0. The number of thiophene rings is 1. The highest BCUT2D eigenvalue weighted by Crippen LogP contribution is 2.34. The van der Waals surface area contributed by atoms with Crippen LogP contribution in [0.1, 0.15) is 15.2 Å². The standard InChI is InChI=1S/C24H15FN2OS2/c25-18-10-8-17(9-11-18)21-13-19(16-5-2-1-3-6-16)20(14-26)24(27-21)30-15-22(28)23-7-4-12-29-23/h1-13H,15H2. The van der Waals surface area contributed by atoms with Crippen molar-refractivity contribution in [3.8, 4) is 28.5 Å². The molecule has 146 valence electrons. The molecule has 0 aliphatic heterocycles. The van der Waals surface area contributed by atoms with Crippen LogP contribution in [-0.4, -0.2) is 16.5 Å². The Balaban J connectivity index is 1.78. The lowest BCUT2D eigenvalue weighted by molar-refractivity contribution is 0.102. The van der Waals surface area contributed by atoms with Gasteiger partial charge < -0.3 is 0 Å². The zero-order valence-corrected chi connectivity index (χ0v) is 17.3. The summed E-state index contributed by atoms with van der Waals surface area (Å²) in [6.07, 6.45) is 0. The summed E-state index contributed by atoms with van der Waals surface area (Å²) in [6, 6.07) is 23.4. The van der Waals surface area contributed by atoms with Gasteiger partial charge in [-0.25, -0.2) is 9.37 Å². The minimum absolute atomic E-state index is 0.00543. The number of ketones is 1. The van der Waals surface area contributed by atoms with Crippen molar-refractivity contribution < 1.29 is 9.18 Å². The van der Waals surface area contributed by atoms with Crippen molar-refractivity contribution >= 4 is 28.9 Å². The third kappa shape index (κ3) is 4.33. The molecule has 2 heterocycles. The second-order valence-corrected chi connectivity index (χ2v) is 8.32. The van der Waals surface area contributed by atoms with E-state index in [0.29, 0.717) is 21.2 Å². The van der Waals surface area contributed by atoms with Crippen molar-refractivity contribution in [2.75, 3.05) is 5.75 Å². The molecule has 0 aliphatic rings. The topological polar surface area (TPSA) is 53.8 Å². The number of thioether (sulfide) groups is 1. The summed E-state index contributed by atoms with van der Waals surface area (Å²) in [5.41, 5.74) is 3.41. The van der Waals surface area contributed by atoms with Crippen LogP contribution in [0.2, 0.25) is 0 Å². The van der Waals surface area contributed by atoms with Gasteiger partial charge in [0.25, 0.3) is 0 Å². The number of rotatable bonds is 6. The van der Waals surface area contributed by atoms with Gasteiger partial charge in [0.05, 0.1) is 21.9 Å². The van der Waals surface area contributed by atoms with E-state index in [1.807, 2.05) is 47.8 Å². The molecule has 0 N–H and O–H groups in total. The Morgan fingerprint density at radius 3 is 2.47 bits per heavy atom. The predicted octanol–water partition coefficient (Wildman–Crippen LogP) is 6.46. The second kappa shape index (κ2) is 9.04. The molecule has 4 rings (SSSR count). The highest BCUT2D eigenvalue weighted by molar-refractivity contribution is 8.00. The molecular weight excluding hydrogens is 415 g/mol. The first-order valence-corrected chi connectivity index (χ1v) is 11.0. The van der Waals surface area contributed by atoms with E-state index in [-0.39, 0.29) is 17.4 Å². The van der Waals surface area contributed by atoms with Crippen molar-refractivity contribution in [3.05, 3.63) is 94.4 Å². The Bertz CT molecular complexity index is 1210. The van der Waals surface area contributed by atoms with E-state index in [1.165, 1.54) is 35.2 Å². The first kappa shape index (κ1) is 20.0. The fraction of sp³-hybridized carbons (Fsp3) is 0.0417. The molecule has 0 unspecified atom stereocenters. The zero-order chi connectivity index (χ0) is 20.9. The SMILES string of the molecule is N#Cc1c(-c2ccccc2)cc(-c2ccc(F)cc2)nc1SCC(=O)c1cccs1. The molecule has 4 aromatic rings. The number of aromatic nitrogens is 1. The monoisotopic (exact) mass is 430 g/mol. The Hall–Kier alpha value is -3.27. The summed E-state index contributed by atoms with van der Waals surface area (Å²) in [5.74, 6) is -0.149. The summed E-state index contributed by atoms with van der Waals surface area (Å²) in [4.78, 5) is 17.8. The molecule has 6 heteroatoms. The number of benzene rings is 2. The molecule has 3 nitrogen and oxygen atoms in total. The molecule has 0 bridgehead atoms. The molecule has 0 atom stereocenters. The molecule has 0 saturated heterocycles. The van der Waals surface area contributed by atoms with Gasteiger partial charge in [0.1, 0.15) is 16.9 Å². The minimum atomic E-state index is -0.327. The quantitative estimate of drug-likeness (QED) is 0.260. The Kier molecular flexibility index (Phi) is 6.03. The van der Waals surface area contributed by atoms with Gasteiger partial charge in [-0.2, -0.15) is 5.26 Å². The average molecular weight is 431 g/mol. The lowest BCUT2D eigenvalue weighted by Gasteiger charge is -2.12. The molecule has 2 aromatic heterocycles. The molecule has 0 fully saturated rings. The van der Waals surface area contributed by atoms with Crippen LogP contribution in [0.4, 0.5) is 4.39 Å². The highest BCUT2D eigenvalue weighted by Gasteiger charge is 2.17. The van der Waals surface area contributed by atoms with Crippen molar-refractivity contribution in [2.45, 2.75) is 5.03 Å². The lowest BCUT2D eigenvalue weighted by atomic mass is 9.99. The van der Waals surface area contributed by atoms with Crippen molar-refractivity contribution in [1.29, 1.82) is 5.26 Å². The lowest BCUT2D eigenvalue weighted by Crippen LogP contribution is -2.02. The first-order chi connectivity index (χ1) is 14.7. The van der Waals surface area contributed by atoms with Crippen LogP contribution in [-0.2, 0) is 0 Å². The fourth-order valence-corrected chi connectivity index (χ4v) is 4.63. The van der Waals surface area contributed by atoms with Crippen LogP contribution in [0.5, 0.6) is 0 Å². The summed E-state index contributed by atoms with van der Waals surface area (Å²) in [6.45, 7) is 0. The molecule has 0 amide bonds. The molecule has 2 aromatic carbocycles. The largest absolute Gasteiger partial charge is 0.292 e. The van der Waals surface area contributed by atoms with E-state index in [4.69, 9.17) is 0 Å². The predicted molar refractivity (Wildman–Crippen MR) is 119 cm³/mol. The van der Waals surface area contributed by atoms with E-state index >= 15 is 0 Å². The molecule has 0 radical (unpaired) electrons. The van der Waals surface area contributed by atoms with Crippen LogP contribution in [0.25, 0.3) is 22.4 Å². The number of hydrogen-bond acceptors (Lipinski definition) is 5. The van der Waals surface area contributed by atoms with Crippen LogP contribution >= 0.6 is 23.1 Å². The molecule has 30 heavy (non-hydrogen) atoms. The van der Waals surface area contributed by atoms with Crippen LogP contribution < -0.4 is 0 Å². The van der Waals surface area contributed by atoms with E-state index < -0.39 is 0 Å². The highest BCUT2D eigenvalue weighted by atomic mass is 32.2. The van der Waals surface area contributed by atoms with E-state index in [1.54, 1.807) is 18.2 Å². The maximum absolute atomic E-state index is 13.4. The summed E-state index contributed by atoms with van der Waals surface area (Å²) < 4.78 is 13.4. The van der Waals surface area contributed by atoms with E-state index in [2.05, 4.69) is 11.1 Å². The van der Waals surface area contributed by atoms with Crippen molar-refractivity contribution in [2.24, 2.45) is 0 Å². The first-order valence-electron chi connectivity index (χ1n) is 9.11. The van der Waals surface area contributed by atoms with Gasteiger partial charge in [-0.15, -0.1) is 11.3 Å². The van der Waals surface area contributed by atoms with Crippen LogP contribution in [0.3, 0.4) is 0 Å². The number of halogens is 1. The van der Waals surface area contributed by atoms with E-state index in [9.17, 15) is 14.4 Å². The number of nitriles is 1. The maximum Gasteiger partial charge on any atom is 0.183 e. The number of carbonyl (C=O) groups is 1. The van der Waals surface area contributed by atoms with Gasteiger partial charge in [-0.3, -0.25) is 4.79 Å². The van der Waals surface area contributed by atoms with E-state index in [0.717, 1.165) is 16.7 Å². The van der Waals surface area contributed by atoms with Gasteiger partial charge in [0.15, 0.2) is 5.78 Å². The number of pyridine rings is 1. The van der Waals surface area contributed by atoms with Gasteiger partial charge >= 0.3 is 0 Å². The third-order valence-electron chi connectivity index (χ3n) is 4.46. The molecule has 0 aliphatic carbocycles. The zero-order valence-electron chi connectivity index (χ0n) is 15.7. The third-order valence-corrected chi connectivity index (χ3v) is 6.35. The maximum atomic E-state index is 13.4. The van der Waals surface area contributed by atoms with Crippen LogP contribution in [0, 0.1) is 17.1 Å². The Morgan fingerprint density at radius 2 is 1.80 bits per heavy atom. The summed E-state index contributed by atoms with van der Waals surface area (Å²) in [5, 5.41) is 12.2. The molecular formula is C24H15FN2OS2. The Labute approximate surface area is 181 Å². The van der Waals surface area contributed by atoms with Gasteiger partial charge in [0.2, 0.25) is 0 Å². The van der Waals surface area contributed by atoms with Crippen LogP contribution in [0.15, 0.2) is 83.2 Å². The number of Topliss-reactive ketones (excluding diaryl/α,β-unsaturated/α-hetero) is 1. The fourth-order valence-electron chi connectivity index (χ4n) is 2.99. The van der Waals surface area contributed by atoms with Gasteiger partial charge in [-0.05, 0) is 47.3 Å². The number of carbonyl (C=O) groups excluding carboxylic acids is 1. The van der Waals surface area contributed by atoms with Gasteiger partial charge in [0, 0.05) is 11.1 Å². The van der Waals surface area contributed by atoms with Crippen molar-refractivity contribution in [1.82, 2.24) is 4.98 Å². The van der Waals surface area contributed by atoms with Gasteiger partial charge in [-0.1, -0.05) is 48.2 Å². The van der Waals surface area contributed by atoms with Crippen molar-refractivity contribution in [3.63, 3.8) is 0 Å². The number of hydrogen-bond donors (Lipinski definition) is 0. The minimum Gasteiger partial charge on any atom is -0.292 e. The number of nitrogens with zero attached hydrogens (tertiary/aromatic N) is 2. The normalized spacial score (nSPS) is 10.5. The Morgan fingerprint density at radius 1 is 1.03 bits per heavy atom. The summed E-state index contributed by atoms with van der Waals surface area (Å²) >= 11 is 2.64. The second-order valence-electron chi connectivity index (χ2n) is 6.41. The average Bonchev–Trinajstić information content (AvgIpc) is 3.33.